The van der Waals surface area contributed by atoms with E-state index >= 15 is 0 Å². The van der Waals surface area contributed by atoms with E-state index in [1.807, 2.05) is 6.92 Å². The molecule has 138 valence electrons. The third kappa shape index (κ3) is 2.89. The van der Waals surface area contributed by atoms with Gasteiger partial charge in [0.05, 0.1) is 23.9 Å². The van der Waals surface area contributed by atoms with Gasteiger partial charge in [-0.2, -0.15) is 0 Å². The van der Waals surface area contributed by atoms with E-state index in [1.54, 1.807) is 29.2 Å². The monoisotopic (exact) mass is 357 g/mol. The van der Waals surface area contributed by atoms with Gasteiger partial charge in [-0.05, 0) is 18.9 Å². The largest absolute Gasteiger partial charge is 0.330 e. The summed E-state index contributed by atoms with van der Waals surface area (Å²) in [5, 5.41) is 2.79. The summed E-state index contributed by atoms with van der Waals surface area (Å²) in [5.41, 5.74) is 1.39. The van der Waals surface area contributed by atoms with E-state index < -0.39 is 11.9 Å². The fourth-order valence-electron chi connectivity index (χ4n) is 3.47. The quantitative estimate of drug-likeness (QED) is 0.823. The van der Waals surface area contributed by atoms with Crippen LogP contribution in [-0.2, 0) is 4.79 Å². The second-order valence-electron chi connectivity index (χ2n) is 7.08. The van der Waals surface area contributed by atoms with Crippen molar-refractivity contribution in [3.8, 4) is 0 Å². The van der Waals surface area contributed by atoms with Crippen LogP contribution in [0.3, 0.4) is 0 Å². The SMILES string of the molecule is C=CCN1C(=O)NC(c2ccccc2F)C2=C1CN(C(C)C(C)C)C2=O. The average molecular weight is 357 g/mol. The molecule has 26 heavy (non-hydrogen) atoms. The Morgan fingerprint density at radius 3 is 2.62 bits per heavy atom. The van der Waals surface area contributed by atoms with E-state index in [-0.39, 0.29) is 23.9 Å². The Morgan fingerprint density at radius 2 is 2.00 bits per heavy atom. The Balaban J connectivity index is 2.09. The van der Waals surface area contributed by atoms with Crippen LogP contribution in [0.4, 0.5) is 9.18 Å². The van der Waals surface area contributed by atoms with Gasteiger partial charge in [0.1, 0.15) is 5.82 Å². The number of hydrogen-bond acceptors (Lipinski definition) is 2. The molecule has 1 N–H and O–H groups in total. The highest BCUT2D eigenvalue weighted by molar-refractivity contribution is 6.01. The van der Waals surface area contributed by atoms with Crippen molar-refractivity contribution < 1.29 is 14.0 Å². The molecule has 3 amide bonds. The Morgan fingerprint density at radius 1 is 1.31 bits per heavy atom. The van der Waals surface area contributed by atoms with Crippen molar-refractivity contribution in [2.75, 3.05) is 13.1 Å². The molecule has 0 fully saturated rings. The molecular formula is C20H24FN3O2. The van der Waals surface area contributed by atoms with Gasteiger partial charge in [0, 0.05) is 18.2 Å². The Hall–Kier alpha value is -2.63. The third-order valence-electron chi connectivity index (χ3n) is 5.23. The number of carbonyl (C=O) groups excluding carboxylic acids is 2. The van der Waals surface area contributed by atoms with E-state index in [0.717, 1.165) is 0 Å². The number of hydrogen-bond donors (Lipinski definition) is 1. The predicted octanol–water partition coefficient (Wildman–Crippen LogP) is 3.22. The molecule has 1 aromatic carbocycles. The highest BCUT2D eigenvalue weighted by Crippen LogP contribution is 2.38. The summed E-state index contributed by atoms with van der Waals surface area (Å²) < 4.78 is 14.4. The number of nitrogens with zero attached hydrogens (tertiary/aromatic N) is 2. The van der Waals surface area contributed by atoms with Crippen molar-refractivity contribution in [2.24, 2.45) is 5.92 Å². The van der Waals surface area contributed by atoms with Crippen LogP contribution >= 0.6 is 0 Å². The van der Waals surface area contributed by atoms with Crippen LogP contribution in [0.2, 0.25) is 0 Å². The lowest BCUT2D eigenvalue weighted by Crippen LogP contribution is -2.47. The highest BCUT2D eigenvalue weighted by atomic mass is 19.1. The van der Waals surface area contributed by atoms with Gasteiger partial charge in [0.15, 0.2) is 0 Å². The van der Waals surface area contributed by atoms with E-state index in [1.165, 1.54) is 11.0 Å². The molecule has 0 saturated carbocycles. The molecule has 0 spiro atoms. The van der Waals surface area contributed by atoms with Gasteiger partial charge < -0.3 is 10.2 Å². The molecule has 2 atom stereocenters. The summed E-state index contributed by atoms with van der Waals surface area (Å²) in [6, 6.07) is 5.12. The first-order valence-corrected chi connectivity index (χ1v) is 8.84. The minimum absolute atomic E-state index is 0.00931. The molecule has 6 heteroatoms. The lowest BCUT2D eigenvalue weighted by molar-refractivity contribution is -0.128. The van der Waals surface area contributed by atoms with Crippen LogP contribution in [0.25, 0.3) is 0 Å². The van der Waals surface area contributed by atoms with Gasteiger partial charge in [-0.1, -0.05) is 38.1 Å². The number of carbonyl (C=O) groups is 2. The van der Waals surface area contributed by atoms with Gasteiger partial charge in [-0.3, -0.25) is 9.69 Å². The predicted molar refractivity (Wildman–Crippen MR) is 97.6 cm³/mol. The molecule has 2 heterocycles. The van der Waals surface area contributed by atoms with Crippen molar-refractivity contribution in [1.29, 1.82) is 0 Å². The van der Waals surface area contributed by atoms with Crippen LogP contribution < -0.4 is 5.32 Å². The number of urea groups is 1. The third-order valence-corrected chi connectivity index (χ3v) is 5.23. The summed E-state index contributed by atoms with van der Waals surface area (Å²) in [5.74, 6) is -0.322. The maximum atomic E-state index is 14.4. The van der Waals surface area contributed by atoms with Gasteiger partial charge in [0.2, 0.25) is 0 Å². The van der Waals surface area contributed by atoms with Gasteiger partial charge in [-0.25, -0.2) is 9.18 Å². The molecule has 0 saturated heterocycles. The van der Waals surface area contributed by atoms with E-state index in [2.05, 4.69) is 25.7 Å². The lowest BCUT2D eigenvalue weighted by atomic mass is 9.95. The average Bonchev–Trinajstić information content (AvgIpc) is 2.94. The number of benzene rings is 1. The van der Waals surface area contributed by atoms with Crippen LogP contribution in [0, 0.1) is 11.7 Å². The van der Waals surface area contributed by atoms with E-state index in [9.17, 15) is 14.0 Å². The molecule has 0 aliphatic carbocycles. The highest BCUT2D eigenvalue weighted by Gasteiger charge is 2.45. The number of rotatable bonds is 5. The number of halogens is 1. The molecule has 0 aromatic heterocycles. The molecule has 2 aliphatic rings. The summed E-state index contributed by atoms with van der Waals surface area (Å²) in [6.07, 6.45) is 1.62. The van der Waals surface area contributed by atoms with Gasteiger partial charge in [-0.15, -0.1) is 6.58 Å². The van der Waals surface area contributed by atoms with Crippen molar-refractivity contribution in [3.05, 3.63) is 59.6 Å². The number of amides is 3. The van der Waals surface area contributed by atoms with Crippen LogP contribution in [0.5, 0.6) is 0 Å². The molecule has 2 aliphatic heterocycles. The summed E-state index contributed by atoms with van der Waals surface area (Å²) in [7, 11) is 0. The first-order chi connectivity index (χ1) is 12.4. The second kappa shape index (κ2) is 6.94. The smallest absolute Gasteiger partial charge is 0.322 e. The summed E-state index contributed by atoms with van der Waals surface area (Å²) in [6.45, 7) is 10.4. The van der Waals surface area contributed by atoms with Crippen LogP contribution in [0.15, 0.2) is 48.2 Å². The molecule has 3 rings (SSSR count). The van der Waals surface area contributed by atoms with Gasteiger partial charge >= 0.3 is 6.03 Å². The van der Waals surface area contributed by atoms with Crippen molar-refractivity contribution in [2.45, 2.75) is 32.9 Å². The summed E-state index contributed by atoms with van der Waals surface area (Å²) in [4.78, 5) is 29.1. The molecule has 0 radical (unpaired) electrons. The zero-order chi connectivity index (χ0) is 19.0. The summed E-state index contributed by atoms with van der Waals surface area (Å²) >= 11 is 0. The maximum Gasteiger partial charge on any atom is 0.322 e. The minimum Gasteiger partial charge on any atom is -0.330 e. The number of nitrogens with one attached hydrogen (secondary N) is 1. The molecule has 5 nitrogen and oxygen atoms in total. The van der Waals surface area contributed by atoms with Crippen LogP contribution in [-0.4, -0.2) is 40.9 Å². The Kier molecular flexibility index (Phi) is 4.85. The first-order valence-electron chi connectivity index (χ1n) is 8.84. The van der Waals surface area contributed by atoms with Crippen molar-refractivity contribution in [3.63, 3.8) is 0 Å². The van der Waals surface area contributed by atoms with Gasteiger partial charge in [0.25, 0.3) is 5.91 Å². The standard InChI is InChI=1S/C20H24FN3O2/c1-5-10-23-16-11-24(13(4)12(2)3)19(25)17(16)18(22-20(23)26)14-8-6-7-9-15(14)21/h5-9,12-13,18H,1,10-11H2,2-4H3,(H,22,26). The Labute approximate surface area is 153 Å². The lowest BCUT2D eigenvalue weighted by Gasteiger charge is -2.33. The fraction of sp³-hybridized carbons (Fsp3) is 0.400. The maximum absolute atomic E-state index is 14.4. The second-order valence-corrected chi connectivity index (χ2v) is 7.08. The zero-order valence-electron chi connectivity index (χ0n) is 15.3. The van der Waals surface area contributed by atoms with E-state index in [0.29, 0.717) is 29.9 Å². The van der Waals surface area contributed by atoms with Crippen LogP contribution in [0.1, 0.15) is 32.4 Å². The first kappa shape index (κ1) is 18.2. The van der Waals surface area contributed by atoms with E-state index in [4.69, 9.17) is 0 Å². The Bertz CT molecular complexity index is 787. The molecule has 1 aromatic rings. The fourth-order valence-corrected chi connectivity index (χ4v) is 3.47. The normalized spacial score (nSPS) is 21.2. The zero-order valence-corrected chi connectivity index (χ0v) is 15.3. The minimum atomic E-state index is -0.781. The molecule has 2 unspecified atom stereocenters. The molecular weight excluding hydrogens is 333 g/mol. The van der Waals surface area contributed by atoms with Crippen molar-refractivity contribution in [1.82, 2.24) is 15.1 Å². The topological polar surface area (TPSA) is 52.7 Å². The van der Waals surface area contributed by atoms with Crippen molar-refractivity contribution >= 4 is 11.9 Å². The molecule has 0 bridgehead atoms.